The average molecular weight is 342 g/mol. The SMILES string of the molecule is CNCC1(Cc2c(Br)c(C)nn2C)CCOC1C1CC1. The molecule has 0 amide bonds. The van der Waals surface area contributed by atoms with Gasteiger partial charge in [0, 0.05) is 25.6 Å². The third kappa shape index (κ3) is 2.44. The van der Waals surface area contributed by atoms with Crippen molar-refractivity contribution in [2.45, 2.75) is 38.7 Å². The number of nitrogens with one attached hydrogen (secondary N) is 1. The predicted molar refractivity (Wildman–Crippen MR) is 82.8 cm³/mol. The van der Waals surface area contributed by atoms with Crippen LogP contribution in [0.3, 0.4) is 0 Å². The van der Waals surface area contributed by atoms with Crippen molar-refractivity contribution in [1.29, 1.82) is 0 Å². The largest absolute Gasteiger partial charge is 0.377 e. The van der Waals surface area contributed by atoms with Crippen molar-refractivity contribution < 1.29 is 4.74 Å². The van der Waals surface area contributed by atoms with Gasteiger partial charge in [-0.05, 0) is 61.5 Å². The second-order valence-electron chi connectivity index (χ2n) is 6.42. The maximum absolute atomic E-state index is 6.12. The summed E-state index contributed by atoms with van der Waals surface area (Å²) in [5.74, 6) is 0.777. The average Bonchev–Trinajstić information content (AvgIpc) is 3.13. The Labute approximate surface area is 129 Å². The molecule has 112 valence electrons. The molecule has 1 aliphatic carbocycles. The second kappa shape index (κ2) is 5.43. The van der Waals surface area contributed by atoms with Gasteiger partial charge in [0.2, 0.25) is 0 Å². The van der Waals surface area contributed by atoms with E-state index in [1.807, 2.05) is 18.8 Å². The van der Waals surface area contributed by atoms with E-state index in [4.69, 9.17) is 4.74 Å². The summed E-state index contributed by atoms with van der Waals surface area (Å²) in [4.78, 5) is 0. The van der Waals surface area contributed by atoms with E-state index in [1.165, 1.54) is 18.5 Å². The molecule has 4 nitrogen and oxygen atoms in total. The van der Waals surface area contributed by atoms with Gasteiger partial charge in [-0.1, -0.05) is 0 Å². The molecule has 0 spiro atoms. The maximum Gasteiger partial charge on any atom is 0.0738 e. The Morgan fingerprint density at radius 3 is 2.80 bits per heavy atom. The molecule has 20 heavy (non-hydrogen) atoms. The van der Waals surface area contributed by atoms with Crippen LogP contribution in [-0.4, -0.2) is 36.1 Å². The lowest BCUT2D eigenvalue weighted by molar-refractivity contribution is 0.0306. The van der Waals surface area contributed by atoms with Crippen LogP contribution in [0.4, 0.5) is 0 Å². The van der Waals surface area contributed by atoms with Gasteiger partial charge in [-0.15, -0.1) is 0 Å². The normalized spacial score (nSPS) is 30.1. The molecule has 1 saturated heterocycles. The Bertz CT molecular complexity index is 498. The Morgan fingerprint density at radius 1 is 1.50 bits per heavy atom. The van der Waals surface area contributed by atoms with Crippen LogP contribution in [0.15, 0.2) is 4.47 Å². The van der Waals surface area contributed by atoms with Crippen molar-refractivity contribution in [1.82, 2.24) is 15.1 Å². The maximum atomic E-state index is 6.12. The predicted octanol–water partition coefficient (Wildman–Crippen LogP) is 2.44. The van der Waals surface area contributed by atoms with Gasteiger partial charge in [-0.2, -0.15) is 5.10 Å². The number of ether oxygens (including phenoxy) is 1. The van der Waals surface area contributed by atoms with Crippen LogP contribution in [0.2, 0.25) is 0 Å². The molecule has 0 bridgehead atoms. The van der Waals surface area contributed by atoms with Crippen LogP contribution in [-0.2, 0) is 18.2 Å². The topological polar surface area (TPSA) is 39.1 Å². The molecule has 1 aromatic heterocycles. The van der Waals surface area contributed by atoms with Gasteiger partial charge in [0.15, 0.2) is 0 Å². The first-order valence-electron chi connectivity index (χ1n) is 7.51. The minimum Gasteiger partial charge on any atom is -0.377 e. The first-order chi connectivity index (χ1) is 9.57. The fourth-order valence-electron chi connectivity index (χ4n) is 3.74. The lowest BCUT2D eigenvalue weighted by Gasteiger charge is -2.34. The number of aromatic nitrogens is 2. The highest BCUT2D eigenvalue weighted by molar-refractivity contribution is 9.10. The van der Waals surface area contributed by atoms with Crippen LogP contribution in [0.25, 0.3) is 0 Å². The lowest BCUT2D eigenvalue weighted by atomic mass is 9.75. The molecule has 1 saturated carbocycles. The highest BCUT2D eigenvalue weighted by atomic mass is 79.9. The number of halogens is 1. The smallest absolute Gasteiger partial charge is 0.0738 e. The minimum atomic E-state index is 0.221. The number of hydrogen-bond acceptors (Lipinski definition) is 3. The van der Waals surface area contributed by atoms with Crippen LogP contribution in [0.1, 0.15) is 30.7 Å². The first-order valence-corrected chi connectivity index (χ1v) is 8.31. The molecule has 1 aromatic rings. The van der Waals surface area contributed by atoms with E-state index in [2.05, 4.69) is 33.3 Å². The van der Waals surface area contributed by atoms with Gasteiger partial charge in [-0.3, -0.25) is 4.68 Å². The molecular formula is C15H24BrN3O. The van der Waals surface area contributed by atoms with Crippen molar-refractivity contribution in [2.75, 3.05) is 20.2 Å². The zero-order valence-corrected chi connectivity index (χ0v) is 14.2. The van der Waals surface area contributed by atoms with Crippen molar-refractivity contribution >= 4 is 15.9 Å². The molecule has 1 aliphatic heterocycles. The molecule has 2 unspecified atom stereocenters. The molecule has 0 radical (unpaired) electrons. The van der Waals surface area contributed by atoms with Crippen molar-refractivity contribution in [2.24, 2.45) is 18.4 Å². The van der Waals surface area contributed by atoms with Crippen molar-refractivity contribution in [3.63, 3.8) is 0 Å². The molecule has 2 aliphatic rings. The standard InChI is InChI=1S/C15H24BrN3O/c1-10-13(16)12(19(3)18-10)8-15(9-17-2)6-7-20-14(15)11-4-5-11/h11,14,17H,4-9H2,1-3H3. The summed E-state index contributed by atoms with van der Waals surface area (Å²) in [6.45, 7) is 3.98. The number of nitrogens with zero attached hydrogens (tertiary/aromatic N) is 2. The zero-order valence-electron chi connectivity index (χ0n) is 12.6. The van der Waals surface area contributed by atoms with Gasteiger partial charge < -0.3 is 10.1 Å². The number of hydrogen-bond donors (Lipinski definition) is 1. The van der Waals surface area contributed by atoms with E-state index in [0.717, 1.165) is 42.1 Å². The van der Waals surface area contributed by atoms with E-state index in [-0.39, 0.29) is 5.41 Å². The third-order valence-corrected chi connectivity index (χ3v) is 5.89. The van der Waals surface area contributed by atoms with Crippen molar-refractivity contribution in [3.8, 4) is 0 Å². The molecular weight excluding hydrogens is 318 g/mol. The van der Waals surface area contributed by atoms with Gasteiger partial charge >= 0.3 is 0 Å². The van der Waals surface area contributed by atoms with Crippen LogP contribution >= 0.6 is 15.9 Å². The van der Waals surface area contributed by atoms with Crippen molar-refractivity contribution in [3.05, 3.63) is 15.9 Å². The summed E-state index contributed by atoms with van der Waals surface area (Å²) in [6.07, 6.45) is 5.26. The number of aryl methyl sites for hydroxylation is 2. The summed E-state index contributed by atoms with van der Waals surface area (Å²) in [5, 5.41) is 7.94. The molecule has 1 N–H and O–H groups in total. The summed E-state index contributed by atoms with van der Waals surface area (Å²) in [5.41, 5.74) is 2.59. The molecule has 3 rings (SSSR count). The molecule has 5 heteroatoms. The fourth-order valence-corrected chi connectivity index (χ4v) is 4.22. The van der Waals surface area contributed by atoms with E-state index >= 15 is 0 Å². The summed E-state index contributed by atoms with van der Waals surface area (Å²) in [6, 6.07) is 0. The van der Waals surface area contributed by atoms with Crippen LogP contribution in [0.5, 0.6) is 0 Å². The lowest BCUT2D eigenvalue weighted by Crippen LogP contribution is -2.43. The first kappa shape index (κ1) is 14.5. The fraction of sp³-hybridized carbons (Fsp3) is 0.800. The van der Waals surface area contributed by atoms with Gasteiger partial charge in [-0.25, -0.2) is 0 Å². The third-order valence-electron chi connectivity index (χ3n) is 4.86. The van der Waals surface area contributed by atoms with Gasteiger partial charge in [0.05, 0.1) is 22.0 Å². The van der Waals surface area contributed by atoms with Gasteiger partial charge in [0.1, 0.15) is 0 Å². The minimum absolute atomic E-state index is 0.221. The quantitative estimate of drug-likeness (QED) is 0.893. The summed E-state index contributed by atoms with van der Waals surface area (Å²) < 4.78 is 9.31. The Morgan fingerprint density at radius 2 is 2.25 bits per heavy atom. The van der Waals surface area contributed by atoms with Crippen LogP contribution in [0, 0.1) is 18.3 Å². The van der Waals surface area contributed by atoms with E-state index < -0.39 is 0 Å². The summed E-state index contributed by atoms with van der Waals surface area (Å²) in [7, 11) is 4.09. The summed E-state index contributed by atoms with van der Waals surface area (Å²) >= 11 is 3.71. The molecule has 2 atom stereocenters. The molecule has 0 aromatic carbocycles. The molecule has 2 fully saturated rings. The van der Waals surface area contributed by atoms with E-state index in [0.29, 0.717) is 6.10 Å². The number of rotatable bonds is 5. The highest BCUT2D eigenvalue weighted by Gasteiger charge is 2.51. The van der Waals surface area contributed by atoms with E-state index in [1.54, 1.807) is 0 Å². The Kier molecular flexibility index (Phi) is 3.95. The Balaban J connectivity index is 1.90. The van der Waals surface area contributed by atoms with E-state index in [9.17, 15) is 0 Å². The van der Waals surface area contributed by atoms with Gasteiger partial charge in [0.25, 0.3) is 0 Å². The molecule has 2 heterocycles. The highest BCUT2D eigenvalue weighted by Crippen LogP contribution is 2.49. The zero-order chi connectivity index (χ0) is 14.3. The monoisotopic (exact) mass is 341 g/mol. The second-order valence-corrected chi connectivity index (χ2v) is 7.21. The van der Waals surface area contributed by atoms with Crippen LogP contribution < -0.4 is 5.32 Å². The Hall–Kier alpha value is -0.390.